The van der Waals surface area contributed by atoms with E-state index in [4.69, 9.17) is 0 Å². The number of nitrogens with zero attached hydrogens (tertiary/aromatic N) is 1. The van der Waals surface area contributed by atoms with Crippen LogP contribution in [-0.4, -0.2) is 15.6 Å². The van der Waals surface area contributed by atoms with Crippen LogP contribution < -0.4 is 5.43 Å². The molecule has 4 heteroatoms. The highest BCUT2D eigenvalue weighted by molar-refractivity contribution is 5.94. The molecular formula is C16H17NO3. The SMILES string of the molecule is Cc1cc2c(=O)c(C(=O)O)cn3c2c(c1C)CCC3C. The molecule has 1 aromatic carbocycles. The minimum atomic E-state index is -1.15. The molecule has 104 valence electrons. The van der Waals surface area contributed by atoms with Gasteiger partial charge in [0.25, 0.3) is 0 Å². The van der Waals surface area contributed by atoms with Crippen molar-refractivity contribution in [1.29, 1.82) is 0 Å². The maximum atomic E-state index is 12.4. The summed E-state index contributed by atoms with van der Waals surface area (Å²) in [6.45, 7) is 6.11. The third-order valence-electron chi connectivity index (χ3n) is 4.48. The predicted octanol–water partition coefficient (Wildman–Crippen LogP) is 2.82. The number of carboxylic acid groups (broad SMARTS) is 1. The van der Waals surface area contributed by atoms with E-state index < -0.39 is 5.97 Å². The summed E-state index contributed by atoms with van der Waals surface area (Å²) in [5.41, 5.74) is 3.85. The van der Waals surface area contributed by atoms with Crippen LogP contribution in [0.5, 0.6) is 0 Å². The molecule has 1 aliphatic heterocycles. The molecule has 1 aliphatic rings. The molecule has 2 aromatic rings. The van der Waals surface area contributed by atoms with Gasteiger partial charge >= 0.3 is 5.97 Å². The summed E-state index contributed by atoms with van der Waals surface area (Å²) < 4.78 is 1.96. The zero-order valence-electron chi connectivity index (χ0n) is 11.9. The van der Waals surface area contributed by atoms with Gasteiger partial charge in [0.05, 0.1) is 5.52 Å². The Kier molecular flexibility index (Phi) is 2.71. The molecule has 4 nitrogen and oxygen atoms in total. The minimum Gasteiger partial charge on any atom is -0.477 e. The Morgan fingerprint density at radius 3 is 2.75 bits per heavy atom. The summed E-state index contributed by atoms with van der Waals surface area (Å²) in [6.07, 6.45) is 3.42. The molecule has 0 bridgehead atoms. The summed E-state index contributed by atoms with van der Waals surface area (Å²) in [5.74, 6) is -1.15. The van der Waals surface area contributed by atoms with E-state index >= 15 is 0 Å². The van der Waals surface area contributed by atoms with Gasteiger partial charge in [-0.15, -0.1) is 0 Å². The number of hydrogen-bond acceptors (Lipinski definition) is 2. The lowest BCUT2D eigenvalue weighted by Crippen LogP contribution is -2.24. The number of carboxylic acids is 1. The van der Waals surface area contributed by atoms with E-state index in [0.29, 0.717) is 5.39 Å². The number of aromatic carboxylic acids is 1. The van der Waals surface area contributed by atoms with Gasteiger partial charge < -0.3 is 9.67 Å². The Bertz CT molecular complexity index is 802. The van der Waals surface area contributed by atoms with E-state index in [1.54, 1.807) is 0 Å². The minimum absolute atomic E-state index is 0.138. The van der Waals surface area contributed by atoms with Crippen molar-refractivity contribution in [1.82, 2.24) is 4.57 Å². The standard InChI is InChI=1S/C16H17NO3/c1-8-6-12-14-11(10(8)3)5-4-9(2)17(14)7-13(15(12)18)16(19)20/h6-7,9H,4-5H2,1-3H3,(H,19,20). The first-order valence-electron chi connectivity index (χ1n) is 6.83. The molecule has 0 fully saturated rings. The van der Waals surface area contributed by atoms with E-state index in [-0.39, 0.29) is 17.0 Å². The van der Waals surface area contributed by atoms with Crippen LogP contribution in [0.4, 0.5) is 0 Å². The van der Waals surface area contributed by atoms with Gasteiger partial charge in [-0.25, -0.2) is 4.79 Å². The Morgan fingerprint density at radius 2 is 2.10 bits per heavy atom. The third-order valence-corrected chi connectivity index (χ3v) is 4.48. The van der Waals surface area contributed by atoms with Gasteiger partial charge in [0, 0.05) is 17.6 Å². The summed E-state index contributed by atoms with van der Waals surface area (Å²) in [5, 5.41) is 9.77. The van der Waals surface area contributed by atoms with Crippen LogP contribution in [0.2, 0.25) is 0 Å². The van der Waals surface area contributed by atoms with Gasteiger partial charge in [0.1, 0.15) is 5.56 Å². The number of aromatic nitrogens is 1. The average Bonchev–Trinajstić information content (AvgIpc) is 2.39. The zero-order valence-corrected chi connectivity index (χ0v) is 11.9. The number of benzene rings is 1. The van der Waals surface area contributed by atoms with Crippen molar-refractivity contribution in [3.8, 4) is 0 Å². The van der Waals surface area contributed by atoms with Gasteiger partial charge in [0.15, 0.2) is 0 Å². The van der Waals surface area contributed by atoms with E-state index in [1.807, 2.05) is 17.6 Å². The van der Waals surface area contributed by atoms with Crippen molar-refractivity contribution in [3.63, 3.8) is 0 Å². The normalized spacial score (nSPS) is 17.4. The number of hydrogen-bond donors (Lipinski definition) is 1. The second-order valence-corrected chi connectivity index (χ2v) is 5.67. The molecule has 0 amide bonds. The predicted molar refractivity (Wildman–Crippen MR) is 77.7 cm³/mol. The topological polar surface area (TPSA) is 59.3 Å². The van der Waals surface area contributed by atoms with Crippen LogP contribution >= 0.6 is 0 Å². The summed E-state index contributed by atoms with van der Waals surface area (Å²) in [6, 6.07) is 2.04. The molecule has 1 aromatic heterocycles. The smallest absolute Gasteiger partial charge is 0.341 e. The van der Waals surface area contributed by atoms with Crippen LogP contribution in [0.3, 0.4) is 0 Å². The molecule has 1 atom stereocenters. The molecule has 0 spiro atoms. The second-order valence-electron chi connectivity index (χ2n) is 5.67. The molecule has 1 N–H and O–H groups in total. The van der Waals surface area contributed by atoms with Crippen LogP contribution in [0.1, 0.15) is 46.4 Å². The summed E-state index contributed by atoms with van der Waals surface area (Å²) >= 11 is 0. The Balaban J connectivity index is 2.57. The first-order valence-corrected chi connectivity index (χ1v) is 6.83. The van der Waals surface area contributed by atoms with Crippen molar-refractivity contribution < 1.29 is 9.90 Å². The number of pyridine rings is 1. The lowest BCUT2D eigenvalue weighted by atomic mass is 9.90. The number of rotatable bonds is 1. The van der Waals surface area contributed by atoms with E-state index in [2.05, 4.69) is 13.8 Å². The molecule has 1 unspecified atom stereocenters. The van der Waals surface area contributed by atoms with Crippen LogP contribution in [-0.2, 0) is 6.42 Å². The highest BCUT2D eigenvalue weighted by atomic mass is 16.4. The van der Waals surface area contributed by atoms with Crippen molar-refractivity contribution in [3.05, 3.63) is 44.7 Å². The van der Waals surface area contributed by atoms with Crippen molar-refractivity contribution >= 4 is 16.9 Å². The van der Waals surface area contributed by atoms with Crippen molar-refractivity contribution in [2.24, 2.45) is 0 Å². The van der Waals surface area contributed by atoms with Crippen LogP contribution in [0.15, 0.2) is 17.1 Å². The van der Waals surface area contributed by atoms with Crippen molar-refractivity contribution in [2.75, 3.05) is 0 Å². The zero-order chi connectivity index (χ0) is 14.6. The van der Waals surface area contributed by atoms with E-state index in [0.717, 1.165) is 23.9 Å². The van der Waals surface area contributed by atoms with E-state index in [1.165, 1.54) is 17.3 Å². The maximum Gasteiger partial charge on any atom is 0.341 e. The molecule has 0 saturated heterocycles. The molecule has 0 aliphatic carbocycles. The van der Waals surface area contributed by atoms with E-state index in [9.17, 15) is 14.7 Å². The Labute approximate surface area is 116 Å². The van der Waals surface area contributed by atoms with Gasteiger partial charge in [0.2, 0.25) is 5.43 Å². The Hall–Kier alpha value is -2.10. The molecule has 3 rings (SSSR count). The quantitative estimate of drug-likeness (QED) is 0.867. The molecule has 0 saturated carbocycles. The molecule has 2 heterocycles. The van der Waals surface area contributed by atoms with Crippen molar-refractivity contribution in [2.45, 2.75) is 39.7 Å². The summed E-state index contributed by atoms with van der Waals surface area (Å²) in [7, 11) is 0. The molecule has 0 radical (unpaired) electrons. The van der Waals surface area contributed by atoms with Gasteiger partial charge in [-0.2, -0.15) is 0 Å². The van der Waals surface area contributed by atoms with Gasteiger partial charge in [-0.05, 0) is 56.4 Å². The van der Waals surface area contributed by atoms with Crippen LogP contribution in [0.25, 0.3) is 10.9 Å². The van der Waals surface area contributed by atoms with Gasteiger partial charge in [-0.3, -0.25) is 4.79 Å². The monoisotopic (exact) mass is 271 g/mol. The lowest BCUT2D eigenvalue weighted by Gasteiger charge is -2.28. The fraction of sp³-hybridized carbons (Fsp3) is 0.375. The fourth-order valence-electron chi connectivity index (χ4n) is 3.14. The lowest BCUT2D eigenvalue weighted by molar-refractivity contribution is 0.0694. The first-order chi connectivity index (χ1) is 9.41. The second kappa shape index (κ2) is 4.20. The average molecular weight is 271 g/mol. The highest BCUT2D eigenvalue weighted by Crippen LogP contribution is 2.33. The largest absolute Gasteiger partial charge is 0.477 e. The highest BCUT2D eigenvalue weighted by Gasteiger charge is 2.24. The molecular weight excluding hydrogens is 254 g/mol. The maximum absolute atomic E-state index is 12.4. The van der Waals surface area contributed by atoms with Gasteiger partial charge in [-0.1, -0.05) is 0 Å². The Morgan fingerprint density at radius 1 is 1.40 bits per heavy atom. The molecule has 20 heavy (non-hydrogen) atoms. The van der Waals surface area contributed by atoms with Crippen LogP contribution in [0, 0.1) is 13.8 Å². The number of aryl methyl sites for hydroxylation is 2. The third kappa shape index (κ3) is 1.60. The summed E-state index contributed by atoms with van der Waals surface area (Å²) in [4.78, 5) is 23.7. The fourth-order valence-corrected chi connectivity index (χ4v) is 3.14. The first kappa shape index (κ1) is 12.9. The number of carbonyl (C=O) groups is 1.